The van der Waals surface area contributed by atoms with E-state index in [1.165, 1.54) is 24.3 Å². The lowest BCUT2D eigenvalue weighted by atomic mass is 9.81. The molecule has 4 N–H and O–H groups in total. The van der Waals surface area contributed by atoms with E-state index in [2.05, 4.69) is 21.3 Å². The molecule has 1 saturated carbocycles. The Morgan fingerprint density at radius 3 is 1.63 bits per heavy atom. The Kier molecular flexibility index (Phi) is 7.59. The second-order valence-corrected chi connectivity index (χ2v) is 7.53. The number of carbonyl (C=O) groups is 2. The fourth-order valence-corrected chi connectivity index (χ4v) is 3.71. The third-order valence-electron chi connectivity index (χ3n) is 5.24. The van der Waals surface area contributed by atoms with Gasteiger partial charge in [-0.3, -0.25) is 0 Å². The Labute approximate surface area is 174 Å². The fraction of sp³-hybridized carbons (Fsp3) is 0.364. The van der Waals surface area contributed by atoms with Crippen LogP contribution < -0.4 is 21.3 Å². The number of hydrogen-bond acceptors (Lipinski definition) is 2. The number of urea groups is 2. The molecule has 2 aromatic rings. The Bertz CT molecular complexity index is 808. The summed E-state index contributed by atoms with van der Waals surface area (Å²) in [6.07, 6.45) is 3.83. The highest BCUT2D eigenvalue weighted by molar-refractivity contribution is 5.89. The van der Waals surface area contributed by atoms with Gasteiger partial charge in [-0.25, -0.2) is 18.4 Å². The highest BCUT2D eigenvalue weighted by Crippen LogP contribution is 2.28. The van der Waals surface area contributed by atoms with Crippen molar-refractivity contribution in [2.24, 2.45) is 11.8 Å². The standard InChI is InChI=1S/C22H26F2N4O2/c23-17-8-1-3-10-19(17)27-21(29)25-13-15-6-5-7-16(12-15)14-26-22(30)28-20-11-4-2-9-18(20)24/h1-4,8-11,15-16H,5-7,12-14H2,(H2,25,27,29)(H2,26,28,30)/t15-,16+. The zero-order valence-electron chi connectivity index (χ0n) is 16.6. The predicted molar refractivity (Wildman–Crippen MR) is 112 cm³/mol. The molecule has 1 fully saturated rings. The van der Waals surface area contributed by atoms with Gasteiger partial charge in [-0.05, 0) is 55.4 Å². The van der Waals surface area contributed by atoms with E-state index in [0.717, 1.165) is 25.7 Å². The summed E-state index contributed by atoms with van der Waals surface area (Å²) in [6.45, 7) is 0.969. The number of para-hydroxylation sites is 2. The van der Waals surface area contributed by atoms with E-state index >= 15 is 0 Å². The van der Waals surface area contributed by atoms with Crippen molar-refractivity contribution >= 4 is 23.4 Å². The monoisotopic (exact) mass is 416 g/mol. The average Bonchev–Trinajstić information content (AvgIpc) is 2.74. The molecule has 0 aliphatic heterocycles. The molecule has 0 aromatic heterocycles. The minimum Gasteiger partial charge on any atom is -0.338 e. The molecule has 0 bridgehead atoms. The van der Waals surface area contributed by atoms with Crippen LogP contribution in [0, 0.1) is 23.5 Å². The summed E-state index contributed by atoms with van der Waals surface area (Å²) in [4.78, 5) is 24.0. The lowest BCUT2D eigenvalue weighted by Gasteiger charge is -2.29. The molecule has 0 heterocycles. The van der Waals surface area contributed by atoms with Gasteiger partial charge < -0.3 is 21.3 Å². The van der Waals surface area contributed by atoms with Crippen LogP contribution in [0.1, 0.15) is 25.7 Å². The maximum Gasteiger partial charge on any atom is 0.319 e. The van der Waals surface area contributed by atoms with Crippen LogP contribution in [-0.4, -0.2) is 25.2 Å². The van der Waals surface area contributed by atoms with Gasteiger partial charge in [0.05, 0.1) is 11.4 Å². The summed E-state index contributed by atoms with van der Waals surface area (Å²) in [5, 5.41) is 10.6. The summed E-state index contributed by atoms with van der Waals surface area (Å²) in [7, 11) is 0. The zero-order valence-corrected chi connectivity index (χ0v) is 16.6. The number of nitrogens with one attached hydrogen (secondary N) is 4. The second-order valence-electron chi connectivity index (χ2n) is 7.53. The first-order valence-corrected chi connectivity index (χ1v) is 10.1. The van der Waals surface area contributed by atoms with E-state index in [9.17, 15) is 18.4 Å². The SMILES string of the molecule is O=C(NC[C@H]1CCC[C@@H](CNC(=O)Nc2ccccc2F)C1)Nc1ccccc1F. The number of anilines is 2. The molecular weight excluding hydrogens is 390 g/mol. The molecule has 0 radical (unpaired) electrons. The van der Waals surface area contributed by atoms with E-state index in [0.29, 0.717) is 13.1 Å². The summed E-state index contributed by atoms with van der Waals surface area (Å²) in [6, 6.07) is 11.1. The lowest BCUT2D eigenvalue weighted by molar-refractivity contribution is 0.230. The van der Waals surface area contributed by atoms with Crippen LogP contribution in [0.25, 0.3) is 0 Å². The average molecular weight is 416 g/mol. The van der Waals surface area contributed by atoms with Crippen molar-refractivity contribution in [1.82, 2.24) is 10.6 Å². The molecule has 30 heavy (non-hydrogen) atoms. The van der Waals surface area contributed by atoms with Crippen LogP contribution in [0.3, 0.4) is 0 Å². The normalized spacial score (nSPS) is 18.3. The molecule has 1 aliphatic rings. The van der Waals surface area contributed by atoms with Gasteiger partial charge in [0.25, 0.3) is 0 Å². The molecule has 3 rings (SSSR count). The lowest BCUT2D eigenvalue weighted by Crippen LogP contribution is -2.38. The number of halogens is 2. The number of rotatable bonds is 6. The highest BCUT2D eigenvalue weighted by atomic mass is 19.1. The topological polar surface area (TPSA) is 82.3 Å². The van der Waals surface area contributed by atoms with Gasteiger partial charge in [0.15, 0.2) is 0 Å². The van der Waals surface area contributed by atoms with Gasteiger partial charge in [-0.2, -0.15) is 0 Å². The molecule has 2 atom stereocenters. The number of benzene rings is 2. The van der Waals surface area contributed by atoms with Crippen LogP contribution in [0.4, 0.5) is 29.7 Å². The third kappa shape index (κ3) is 6.43. The first-order chi connectivity index (χ1) is 14.5. The molecule has 160 valence electrons. The molecule has 4 amide bonds. The zero-order chi connectivity index (χ0) is 21.3. The number of amides is 4. The van der Waals surface area contributed by atoms with E-state index in [1.807, 2.05) is 0 Å². The van der Waals surface area contributed by atoms with Crippen molar-refractivity contribution in [2.45, 2.75) is 25.7 Å². The van der Waals surface area contributed by atoms with Crippen LogP contribution in [0.5, 0.6) is 0 Å². The van der Waals surface area contributed by atoms with Gasteiger partial charge >= 0.3 is 12.1 Å². The van der Waals surface area contributed by atoms with Gasteiger partial charge in [0.2, 0.25) is 0 Å². The smallest absolute Gasteiger partial charge is 0.319 e. The summed E-state index contributed by atoms with van der Waals surface area (Å²) < 4.78 is 27.2. The minimum atomic E-state index is -0.481. The maximum atomic E-state index is 13.6. The minimum absolute atomic E-state index is 0.140. The van der Waals surface area contributed by atoms with Gasteiger partial charge in [0.1, 0.15) is 11.6 Å². The first kappa shape index (κ1) is 21.5. The molecule has 8 heteroatoms. The predicted octanol–water partition coefficient (Wildman–Crippen LogP) is 4.71. The third-order valence-corrected chi connectivity index (χ3v) is 5.24. The van der Waals surface area contributed by atoms with E-state index in [-0.39, 0.29) is 23.2 Å². The van der Waals surface area contributed by atoms with Gasteiger partial charge in [0, 0.05) is 13.1 Å². The van der Waals surface area contributed by atoms with Crippen molar-refractivity contribution in [2.75, 3.05) is 23.7 Å². The van der Waals surface area contributed by atoms with Crippen LogP contribution in [0.15, 0.2) is 48.5 Å². The summed E-state index contributed by atoms with van der Waals surface area (Å²) >= 11 is 0. The largest absolute Gasteiger partial charge is 0.338 e. The van der Waals surface area contributed by atoms with Crippen LogP contribution in [0.2, 0.25) is 0 Å². The highest BCUT2D eigenvalue weighted by Gasteiger charge is 2.23. The van der Waals surface area contributed by atoms with Crippen molar-refractivity contribution in [3.05, 3.63) is 60.2 Å². The Morgan fingerprint density at radius 1 is 0.767 bits per heavy atom. The molecular formula is C22H26F2N4O2. The number of hydrogen-bond donors (Lipinski definition) is 4. The molecule has 2 aromatic carbocycles. The Hall–Kier alpha value is -3.16. The molecule has 0 saturated heterocycles. The quantitative estimate of drug-likeness (QED) is 0.550. The molecule has 0 unspecified atom stereocenters. The molecule has 6 nitrogen and oxygen atoms in total. The fourth-order valence-electron chi connectivity index (χ4n) is 3.71. The van der Waals surface area contributed by atoms with Crippen molar-refractivity contribution in [1.29, 1.82) is 0 Å². The van der Waals surface area contributed by atoms with Gasteiger partial charge in [-0.1, -0.05) is 30.7 Å². The maximum absolute atomic E-state index is 13.6. The van der Waals surface area contributed by atoms with Crippen molar-refractivity contribution in [3.8, 4) is 0 Å². The first-order valence-electron chi connectivity index (χ1n) is 10.1. The van der Waals surface area contributed by atoms with E-state index in [4.69, 9.17) is 0 Å². The van der Waals surface area contributed by atoms with Crippen LogP contribution in [-0.2, 0) is 0 Å². The van der Waals surface area contributed by atoms with Crippen molar-refractivity contribution < 1.29 is 18.4 Å². The number of carbonyl (C=O) groups excluding carboxylic acids is 2. The summed E-state index contributed by atoms with van der Waals surface area (Å²) in [5.74, 6) is -0.395. The molecule has 0 spiro atoms. The van der Waals surface area contributed by atoms with Crippen LogP contribution >= 0.6 is 0 Å². The van der Waals surface area contributed by atoms with Crippen molar-refractivity contribution in [3.63, 3.8) is 0 Å². The van der Waals surface area contributed by atoms with Gasteiger partial charge in [-0.15, -0.1) is 0 Å². The summed E-state index contributed by atoms with van der Waals surface area (Å²) in [5.41, 5.74) is 0.281. The van der Waals surface area contributed by atoms with E-state index in [1.54, 1.807) is 24.3 Å². The molecule has 1 aliphatic carbocycles. The Balaban J connectivity index is 1.38. The second kappa shape index (κ2) is 10.6. The van der Waals surface area contributed by atoms with E-state index < -0.39 is 23.7 Å². The Morgan fingerprint density at radius 2 is 1.20 bits per heavy atom.